The van der Waals surface area contributed by atoms with Crippen LogP contribution in [0.2, 0.25) is 0 Å². The average Bonchev–Trinajstić information content (AvgIpc) is 2.06. The number of carboxylic acids is 1. The molecule has 0 aliphatic carbocycles. The molecule has 0 amide bonds. The maximum atomic E-state index is 12.7. The molecule has 0 aromatic heterocycles. The number of halogens is 5. The Morgan fingerprint density at radius 3 is 2.13 bits per heavy atom. The Morgan fingerprint density at radius 1 is 1.20 bits per heavy atom. The maximum Gasteiger partial charge on any atom is 0.416 e. The van der Waals surface area contributed by atoms with E-state index < -0.39 is 34.9 Å². The lowest BCUT2D eigenvalue weighted by atomic mass is 10.1. The van der Waals surface area contributed by atoms with Crippen LogP contribution in [-0.4, -0.2) is 11.1 Å². The molecule has 0 saturated carbocycles. The Morgan fingerprint density at radius 2 is 1.73 bits per heavy atom. The first kappa shape index (κ1) is 11.4. The maximum absolute atomic E-state index is 12.7. The number of carboxylic acid groups (broad SMARTS) is 1. The van der Waals surface area contributed by atoms with Crippen LogP contribution in [0.25, 0.3) is 0 Å². The molecule has 15 heavy (non-hydrogen) atoms. The van der Waals surface area contributed by atoms with Crippen molar-refractivity contribution in [3.63, 3.8) is 0 Å². The lowest BCUT2D eigenvalue weighted by molar-refractivity contribution is -0.137. The highest BCUT2D eigenvalue weighted by atomic mass is 19.4. The molecular formula is C8H3F5O2. The fraction of sp³-hybridized carbons (Fsp3) is 0.125. The molecule has 0 aliphatic heterocycles. The molecular weight excluding hydrogens is 223 g/mol. The number of hydrogen-bond donors (Lipinski definition) is 1. The van der Waals surface area contributed by atoms with Crippen molar-refractivity contribution < 1.29 is 31.9 Å². The Labute approximate surface area is 79.9 Å². The first-order valence-corrected chi connectivity index (χ1v) is 3.53. The zero-order chi connectivity index (χ0) is 11.8. The van der Waals surface area contributed by atoms with Gasteiger partial charge in [-0.2, -0.15) is 13.2 Å². The minimum absolute atomic E-state index is 0.0424. The number of aromatic carboxylic acids is 1. The molecule has 0 unspecified atom stereocenters. The summed E-state index contributed by atoms with van der Waals surface area (Å²) < 4.78 is 61.5. The third-order valence-electron chi connectivity index (χ3n) is 1.59. The summed E-state index contributed by atoms with van der Waals surface area (Å²) in [6, 6.07) is -0.0531. The molecule has 0 saturated heterocycles. The second kappa shape index (κ2) is 3.48. The van der Waals surface area contributed by atoms with Gasteiger partial charge in [0.2, 0.25) is 0 Å². The van der Waals surface area contributed by atoms with Gasteiger partial charge in [0.05, 0.1) is 11.1 Å². The predicted molar refractivity (Wildman–Crippen MR) is 38.3 cm³/mol. The molecule has 0 heterocycles. The van der Waals surface area contributed by atoms with Gasteiger partial charge < -0.3 is 5.11 Å². The van der Waals surface area contributed by atoms with Gasteiger partial charge in [-0.05, 0) is 12.1 Å². The summed E-state index contributed by atoms with van der Waals surface area (Å²) in [5.74, 6) is -5.62. The van der Waals surface area contributed by atoms with Crippen LogP contribution in [0.3, 0.4) is 0 Å². The number of benzene rings is 1. The van der Waals surface area contributed by atoms with E-state index in [0.29, 0.717) is 0 Å². The molecule has 2 nitrogen and oxygen atoms in total. The SMILES string of the molecule is O=C(O)c1cc(C(F)(F)F)cc(F)c1F. The van der Waals surface area contributed by atoms with Crippen LogP contribution in [0.4, 0.5) is 22.0 Å². The lowest BCUT2D eigenvalue weighted by Gasteiger charge is -2.08. The van der Waals surface area contributed by atoms with Gasteiger partial charge in [0.1, 0.15) is 0 Å². The predicted octanol–water partition coefficient (Wildman–Crippen LogP) is 2.68. The van der Waals surface area contributed by atoms with Gasteiger partial charge in [-0.1, -0.05) is 0 Å². The summed E-state index contributed by atoms with van der Waals surface area (Å²) in [5, 5.41) is 8.31. The molecule has 0 aliphatic rings. The summed E-state index contributed by atoms with van der Waals surface area (Å²) in [6.07, 6.45) is -4.92. The van der Waals surface area contributed by atoms with E-state index >= 15 is 0 Å². The summed E-state index contributed by atoms with van der Waals surface area (Å²) in [4.78, 5) is 10.3. The third kappa shape index (κ3) is 2.23. The van der Waals surface area contributed by atoms with Gasteiger partial charge >= 0.3 is 12.1 Å². The smallest absolute Gasteiger partial charge is 0.416 e. The van der Waals surface area contributed by atoms with Gasteiger partial charge in [-0.25, -0.2) is 13.6 Å². The van der Waals surface area contributed by atoms with Crippen LogP contribution < -0.4 is 0 Å². The monoisotopic (exact) mass is 226 g/mol. The van der Waals surface area contributed by atoms with Crippen LogP contribution in [0, 0.1) is 11.6 Å². The molecule has 0 fully saturated rings. The van der Waals surface area contributed by atoms with Crippen LogP contribution in [0.5, 0.6) is 0 Å². The highest BCUT2D eigenvalue weighted by Gasteiger charge is 2.33. The molecule has 82 valence electrons. The second-order valence-electron chi connectivity index (χ2n) is 2.62. The summed E-state index contributed by atoms with van der Waals surface area (Å²) in [6.45, 7) is 0. The van der Waals surface area contributed by atoms with E-state index in [9.17, 15) is 26.7 Å². The minimum atomic E-state index is -4.92. The van der Waals surface area contributed by atoms with E-state index in [-0.39, 0.29) is 12.1 Å². The Bertz CT molecular complexity index is 410. The number of alkyl halides is 3. The molecule has 1 aromatic rings. The van der Waals surface area contributed by atoms with Crippen molar-refractivity contribution >= 4 is 5.97 Å². The van der Waals surface area contributed by atoms with Crippen molar-refractivity contribution in [3.05, 3.63) is 34.9 Å². The van der Waals surface area contributed by atoms with Crippen molar-refractivity contribution in [1.29, 1.82) is 0 Å². The van der Waals surface area contributed by atoms with Gasteiger partial charge in [0, 0.05) is 0 Å². The zero-order valence-corrected chi connectivity index (χ0v) is 6.90. The molecule has 1 N–H and O–H groups in total. The summed E-state index contributed by atoms with van der Waals surface area (Å²) in [7, 11) is 0. The van der Waals surface area contributed by atoms with Crippen LogP contribution in [0.1, 0.15) is 15.9 Å². The van der Waals surface area contributed by atoms with Crippen LogP contribution >= 0.6 is 0 Å². The van der Waals surface area contributed by atoms with E-state index in [2.05, 4.69) is 0 Å². The fourth-order valence-corrected chi connectivity index (χ4v) is 0.908. The van der Waals surface area contributed by atoms with Gasteiger partial charge in [-0.3, -0.25) is 0 Å². The quantitative estimate of drug-likeness (QED) is 0.747. The molecule has 7 heteroatoms. The fourth-order valence-electron chi connectivity index (χ4n) is 0.908. The Hall–Kier alpha value is -1.66. The largest absolute Gasteiger partial charge is 0.478 e. The number of rotatable bonds is 1. The average molecular weight is 226 g/mol. The Balaban J connectivity index is 3.43. The summed E-state index contributed by atoms with van der Waals surface area (Å²) >= 11 is 0. The Kier molecular flexibility index (Phi) is 2.65. The molecule has 0 bridgehead atoms. The third-order valence-corrected chi connectivity index (χ3v) is 1.59. The standard InChI is InChI=1S/C8H3F5O2/c9-5-2-3(8(11,12)13)1-4(6(5)10)7(14)15/h1-2H,(H,14,15). The van der Waals surface area contributed by atoms with Gasteiger partial charge in [-0.15, -0.1) is 0 Å². The van der Waals surface area contributed by atoms with Crippen molar-refractivity contribution in [2.45, 2.75) is 6.18 Å². The topological polar surface area (TPSA) is 37.3 Å². The first-order chi connectivity index (χ1) is 6.73. The van der Waals surface area contributed by atoms with Crippen molar-refractivity contribution in [3.8, 4) is 0 Å². The number of hydrogen-bond acceptors (Lipinski definition) is 1. The number of carbonyl (C=O) groups is 1. The van der Waals surface area contributed by atoms with Gasteiger partial charge in [0.15, 0.2) is 11.6 Å². The van der Waals surface area contributed by atoms with Crippen LogP contribution in [-0.2, 0) is 6.18 Å². The van der Waals surface area contributed by atoms with Crippen molar-refractivity contribution in [2.24, 2.45) is 0 Å². The van der Waals surface area contributed by atoms with E-state index in [1.165, 1.54) is 0 Å². The van der Waals surface area contributed by atoms with E-state index in [1.54, 1.807) is 0 Å². The van der Waals surface area contributed by atoms with E-state index in [0.717, 1.165) is 0 Å². The van der Waals surface area contributed by atoms with Crippen molar-refractivity contribution in [2.75, 3.05) is 0 Å². The van der Waals surface area contributed by atoms with E-state index in [1.807, 2.05) is 0 Å². The zero-order valence-electron chi connectivity index (χ0n) is 6.90. The second-order valence-corrected chi connectivity index (χ2v) is 2.62. The lowest BCUT2D eigenvalue weighted by Crippen LogP contribution is -2.11. The highest BCUT2D eigenvalue weighted by Crippen LogP contribution is 2.31. The highest BCUT2D eigenvalue weighted by molar-refractivity contribution is 5.88. The molecule has 0 spiro atoms. The van der Waals surface area contributed by atoms with Crippen LogP contribution in [0.15, 0.2) is 12.1 Å². The van der Waals surface area contributed by atoms with E-state index in [4.69, 9.17) is 5.11 Å². The minimum Gasteiger partial charge on any atom is -0.478 e. The first-order valence-electron chi connectivity index (χ1n) is 3.53. The molecule has 1 aromatic carbocycles. The molecule has 0 atom stereocenters. The molecule has 0 radical (unpaired) electrons. The summed E-state index contributed by atoms with van der Waals surface area (Å²) in [5.41, 5.74) is -2.89. The van der Waals surface area contributed by atoms with Gasteiger partial charge in [0.25, 0.3) is 0 Å². The normalized spacial score (nSPS) is 11.5. The van der Waals surface area contributed by atoms with Crippen molar-refractivity contribution in [1.82, 2.24) is 0 Å². The molecule has 1 rings (SSSR count).